The molecule has 2 rings (SSSR count). The molecule has 0 saturated heterocycles. The molecular formula is C20H23NO6S. The van der Waals surface area contributed by atoms with Gasteiger partial charge in [0.05, 0.1) is 31.1 Å². The maximum absolute atomic E-state index is 12.6. The average Bonchev–Trinajstić information content (AvgIpc) is 2.67. The van der Waals surface area contributed by atoms with E-state index in [4.69, 9.17) is 9.47 Å². The Morgan fingerprint density at radius 3 is 2.36 bits per heavy atom. The highest BCUT2D eigenvalue weighted by Crippen LogP contribution is 2.23. The third-order valence-electron chi connectivity index (χ3n) is 4.02. The summed E-state index contributed by atoms with van der Waals surface area (Å²) < 4.78 is 33.3. The summed E-state index contributed by atoms with van der Waals surface area (Å²) in [4.78, 5) is 24.7. The van der Waals surface area contributed by atoms with Gasteiger partial charge in [0.15, 0.2) is 9.84 Å². The first-order valence-electron chi connectivity index (χ1n) is 8.65. The van der Waals surface area contributed by atoms with Crippen LogP contribution in [-0.4, -0.2) is 40.3 Å². The van der Waals surface area contributed by atoms with Crippen molar-refractivity contribution in [1.82, 2.24) is 5.32 Å². The van der Waals surface area contributed by atoms with Crippen LogP contribution in [0.3, 0.4) is 0 Å². The first-order valence-corrected chi connectivity index (χ1v) is 10.5. The molecule has 0 aliphatic carbocycles. The van der Waals surface area contributed by atoms with Gasteiger partial charge in [-0.1, -0.05) is 12.1 Å². The van der Waals surface area contributed by atoms with Crippen LogP contribution in [0.4, 0.5) is 0 Å². The number of benzene rings is 2. The summed E-state index contributed by atoms with van der Waals surface area (Å²) in [6, 6.07) is 12.0. The van der Waals surface area contributed by atoms with E-state index in [2.05, 4.69) is 5.32 Å². The summed E-state index contributed by atoms with van der Waals surface area (Å²) in [5.74, 6) is -0.279. The van der Waals surface area contributed by atoms with Gasteiger partial charge in [-0.2, -0.15) is 0 Å². The molecule has 0 bridgehead atoms. The highest BCUT2D eigenvalue weighted by molar-refractivity contribution is 7.90. The number of ether oxygens (including phenoxy) is 2. The lowest BCUT2D eigenvalue weighted by atomic mass is 10.0. The number of esters is 1. The number of amides is 1. The molecular weight excluding hydrogens is 382 g/mol. The first kappa shape index (κ1) is 21.4. The van der Waals surface area contributed by atoms with Crippen molar-refractivity contribution in [3.8, 4) is 5.75 Å². The fourth-order valence-corrected chi connectivity index (χ4v) is 3.22. The van der Waals surface area contributed by atoms with Crippen LogP contribution >= 0.6 is 0 Å². The number of methoxy groups -OCH3 is 1. The third-order valence-corrected chi connectivity index (χ3v) is 5.15. The third kappa shape index (κ3) is 5.82. The van der Waals surface area contributed by atoms with E-state index >= 15 is 0 Å². The van der Waals surface area contributed by atoms with Crippen LogP contribution in [0, 0.1) is 0 Å². The molecule has 1 unspecified atom stereocenters. The fraction of sp³-hybridized carbons (Fsp3) is 0.300. The molecule has 28 heavy (non-hydrogen) atoms. The van der Waals surface area contributed by atoms with Crippen LogP contribution in [0.15, 0.2) is 53.4 Å². The molecule has 1 amide bonds. The standard InChI is InChI=1S/C20H23NO6S/c1-4-27-19(22)13-18(15-6-5-7-16(12-15)26-2)21-20(23)14-8-10-17(11-9-14)28(3,24)25/h5-12,18H,4,13H2,1-3H3,(H,21,23). The van der Waals surface area contributed by atoms with E-state index in [1.807, 2.05) is 0 Å². The normalized spacial score (nSPS) is 12.1. The van der Waals surface area contributed by atoms with Crippen molar-refractivity contribution < 1.29 is 27.5 Å². The Bertz CT molecular complexity index is 937. The minimum Gasteiger partial charge on any atom is -0.497 e. The highest BCUT2D eigenvalue weighted by Gasteiger charge is 2.21. The smallest absolute Gasteiger partial charge is 0.308 e. The molecule has 0 fully saturated rings. The Labute approximate surface area is 164 Å². The molecule has 0 spiro atoms. The molecule has 1 atom stereocenters. The van der Waals surface area contributed by atoms with Crippen LogP contribution in [0.5, 0.6) is 5.75 Å². The van der Waals surface area contributed by atoms with E-state index in [-0.39, 0.29) is 23.5 Å². The van der Waals surface area contributed by atoms with E-state index in [0.717, 1.165) is 6.26 Å². The molecule has 0 aliphatic rings. The highest BCUT2D eigenvalue weighted by atomic mass is 32.2. The quantitative estimate of drug-likeness (QED) is 0.678. The van der Waals surface area contributed by atoms with Gasteiger partial charge in [-0.25, -0.2) is 8.42 Å². The molecule has 8 heteroatoms. The number of carbonyl (C=O) groups excluding carboxylic acids is 2. The predicted octanol–water partition coefficient (Wildman–Crippen LogP) is 2.52. The van der Waals surface area contributed by atoms with Crippen molar-refractivity contribution in [2.24, 2.45) is 0 Å². The van der Waals surface area contributed by atoms with Gasteiger partial charge in [-0.05, 0) is 48.9 Å². The van der Waals surface area contributed by atoms with Crippen molar-refractivity contribution in [2.75, 3.05) is 20.0 Å². The van der Waals surface area contributed by atoms with E-state index in [1.54, 1.807) is 31.2 Å². The lowest BCUT2D eigenvalue weighted by Crippen LogP contribution is -2.30. The SMILES string of the molecule is CCOC(=O)CC(NC(=O)c1ccc(S(C)(=O)=O)cc1)c1cccc(OC)c1. The summed E-state index contributed by atoms with van der Waals surface area (Å²) >= 11 is 0. The van der Waals surface area contributed by atoms with E-state index in [9.17, 15) is 18.0 Å². The van der Waals surface area contributed by atoms with Gasteiger partial charge in [0.25, 0.3) is 5.91 Å². The predicted molar refractivity (Wildman–Crippen MR) is 104 cm³/mol. The summed E-state index contributed by atoms with van der Waals surface area (Å²) in [7, 11) is -1.82. The van der Waals surface area contributed by atoms with Gasteiger partial charge >= 0.3 is 5.97 Å². The summed E-state index contributed by atoms with van der Waals surface area (Å²) in [6.07, 6.45) is 1.05. The van der Waals surface area contributed by atoms with Crippen molar-refractivity contribution in [3.63, 3.8) is 0 Å². The van der Waals surface area contributed by atoms with Gasteiger partial charge in [-0.3, -0.25) is 9.59 Å². The van der Waals surface area contributed by atoms with Gasteiger partial charge in [0, 0.05) is 11.8 Å². The van der Waals surface area contributed by atoms with E-state index in [1.165, 1.54) is 31.4 Å². The Balaban J connectivity index is 2.25. The van der Waals surface area contributed by atoms with Crippen LogP contribution in [0.2, 0.25) is 0 Å². The van der Waals surface area contributed by atoms with Crippen molar-refractivity contribution in [1.29, 1.82) is 0 Å². The Hall–Kier alpha value is -2.87. The van der Waals surface area contributed by atoms with Crippen LogP contribution in [-0.2, 0) is 19.4 Å². The zero-order valence-electron chi connectivity index (χ0n) is 16.0. The maximum atomic E-state index is 12.6. The zero-order valence-corrected chi connectivity index (χ0v) is 16.8. The number of rotatable bonds is 8. The Kier molecular flexibility index (Phi) is 7.17. The largest absolute Gasteiger partial charge is 0.497 e. The number of carbonyl (C=O) groups is 2. The fourth-order valence-electron chi connectivity index (χ4n) is 2.59. The lowest BCUT2D eigenvalue weighted by molar-refractivity contribution is -0.143. The molecule has 0 saturated carbocycles. The van der Waals surface area contributed by atoms with Crippen LogP contribution < -0.4 is 10.1 Å². The summed E-state index contributed by atoms with van der Waals surface area (Å²) in [5.41, 5.74) is 0.970. The molecule has 0 radical (unpaired) electrons. The molecule has 0 aliphatic heterocycles. The lowest BCUT2D eigenvalue weighted by Gasteiger charge is -2.19. The maximum Gasteiger partial charge on any atom is 0.308 e. The average molecular weight is 405 g/mol. The Morgan fingerprint density at radius 2 is 1.79 bits per heavy atom. The topological polar surface area (TPSA) is 98.8 Å². The molecule has 2 aromatic rings. The second-order valence-electron chi connectivity index (χ2n) is 6.11. The molecule has 0 aromatic heterocycles. The van der Waals surface area contributed by atoms with E-state index in [0.29, 0.717) is 11.3 Å². The summed E-state index contributed by atoms with van der Waals surface area (Å²) in [5, 5.41) is 2.80. The van der Waals surface area contributed by atoms with Gasteiger partial charge in [0.2, 0.25) is 0 Å². The van der Waals surface area contributed by atoms with Gasteiger partial charge < -0.3 is 14.8 Å². The second-order valence-corrected chi connectivity index (χ2v) is 8.12. The van der Waals surface area contributed by atoms with E-state index < -0.39 is 27.8 Å². The minimum atomic E-state index is -3.35. The molecule has 1 N–H and O–H groups in total. The first-order chi connectivity index (χ1) is 13.2. The minimum absolute atomic E-state index is 0.0474. The number of hydrogen-bond acceptors (Lipinski definition) is 6. The number of nitrogens with one attached hydrogen (secondary N) is 1. The Morgan fingerprint density at radius 1 is 1.11 bits per heavy atom. The molecule has 150 valence electrons. The van der Waals surface area contributed by atoms with Crippen molar-refractivity contribution in [2.45, 2.75) is 24.3 Å². The molecule has 2 aromatic carbocycles. The summed E-state index contributed by atoms with van der Waals surface area (Å²) in [6.45, 7) is 1.95. The second kappa shape index (κ2) is 9.36. The molecule has 0 heterocycles. The van der Waals surface area contributed by atoms with Gasteiger partial charge in [-0.15, -0.1) is 0 Å². The molecule has 7 nitrogen and oxygen atoms in total. The van der Waals surface area contributed by atoms with Gasteiger partial charge in [0.1, 0.15) is 5.75 Å². The van der Waals surface area contributed by atoms with Crippen LogP contribution in [0.25, 0.3) is 0 Å². The number of hydrogen-bond donors (Lipinski definition) is 1. The zero-order chi connectivity index (χ0) is 20.7. The number of sulfone groups is 1. The monoisotopic (exact) mass is 405 g/mol. The van der Waals surface area contributed by atoms with Crippen molar-refractivity contribution in [3.05, 3.63) is 59.7 Å². The van der Waals surface area contributed by atoms with Crippen LogP contribution in [0.1, 0.15) is 35.3 Å². The van der Waals surface area contributed by atoms with Crippen molar-refractivity contribution >= 4 is 21.7 Å².